The molecule has 0 unspecified atom stereocenters. The summed E-state index contributed by atoms with van der Waals surface area (Å²) >= 11 is 1.83. The van der Waals surface area contributed by atoms with Gasteiger partial charge in [-0.05, 0) is 28.8 Å². The molecule has 0 bridgehead atoms. The van der Waals surface area contributed by atoms with Gasteiger partial charge in [0.15, 0.2) is 6.10 Å². The maximum atomic E-state index is 14.0. The smallest absolute Gasteiger partial charge is 0.303 e. The normalized spacial score (nSPS) is 23.6. The fraction of sp³-hybridized carbons (Fsp3) is 0.643. The quantitative estimate of drug-likeness (QED) is 0.237. The van der Waals surface area contributed by atoms with Crippen LogP contribution in [-0.2, 0) is 28.5 Å². The predicted octanol–water partition coefficient (Wildman–Crippen LogP) is 5.77. The van der Waals surface area contributed by atoms with Gasteiger partial charge in [-0.2, -0.15) is 11.2 Å². The lowest BCUT2D eigenvalue weighted by Crippen LogP contribution is -2.59. The molecule has 1 fully saturated rings. The first-order valence-corrected chi connectivity index (χ1v) is 17.5. The van der Waals surface area contributed by atoms with Crippen molar-refractivity contribution in [3.63, 3.8) is 0 Å². The molecule has 2 aromatic rings. The summed E-state index contributed by atoms with van der Waals surface area (Å²) in [5.41, 5.74) is 1.84. The molecule has 5 atom stereocenters. The van der Waals surface area contributed by atoms with Crippen LogP contribution in [0, 0.1) is 5.82 Å². The molecule has 9 nitrogen and oxygen atoms in total. The fourth-order valence-electron chi connectivity index (χ4n) is 6.02. The Morgan fingerprint density at radius 1 is 1.07 bits per heavy atom. The monoisotopic (exact) mass is 595 g/mol. The van der Waals surface area contributed by atoms with Gasteiger partial charge in [-0.15, -0.1) is 5.10 Å². The van der Waals surface area contributed by atoms with Crippen molar-refractivity contribution in [1.29, 1.82) is 0 Å². The summed E-state index contributed by atoms with van der Waals surface area (Å²) in [4.78, 5) is 24.1. The molecule has 12 heteroatoms. The van der Waals surface area contributed by atoms with Crippen LogP contribution in [0.4, 0.5) is 4.39 Å². The molecule has 0 N–H and O–H groups in total. The van der Waals surface area contributed by atoms with Crippen LogP contribution < -0.4 is 0 Å². The fourth-order valence-corrected chi connectivity index (χ4v) is 16.1. The molecular weight excluding hydrogens is 553 g/mol. The third-order valence-corrected chi connectivity index (χ3v) is 20.2. The number of methoxy groups -OCH3 is 1. The lowest BCUT2D eigenvalue weighted by Gasteiger charge is -2.50. The van der Waals surface area contributed by atoms with Gasteiger partial charge in [0.2, 0.25) is 0 Å². The van der Waals surface area contributed by atoms with Crippen LogP contribution in [0.25, 0.3) is 11.3 Å². The van der Waals surface area contributed by atoms with Crippen LogP contribution in [0.2, 0.25) is 16.6 Å². The zero-order valence-electron chi connectivity index (χ0n) is 24.8. The van der Waals surface area contributed by atoms with Crippen molar-refractivity contribution >= 4 is 30.4 Å². The van der Waals surface area contributed by atoms with E-state index in [0.717, 1.165) is 0 Å². The van der Waals surface area contributed by atoms with Crippen LogP contribution >= 0.6 is 11.2 Å². The molecular formula is C28H42FN3O6SSi. The van der Waals surface area contributed by atoms with Gasteiger partial charge in [0, 0.05) is 26.5 Å². The summed E-state index contributed by atoms with van der Waals surface area (Å²) in [6.45, 7) is 16.1. The average molecular weight is 596 g/mol. The molecule has 1 saturated heterocycles. The Kier molecular flexibility index (Phi) is 10.9. The molecule has 1 aliphatic rings. The maximum absolute atomic E-state index is 14.0. The summed E-state index contributed by atoms with van der Waals surface area (Å²) in [5, 5.41) is 8.67. The number of halogens is 1. The van der Waals surface area contributed by atoms with Crippen molar-refractivity contribution < 1.29 is 32.9 Å². The first kappa shape index (κ1) is 32.2. The van der Waals surface area contributed by atoms with E-state index in [1.54, 1.807) is 30.1 Å². The zero-order valence-corrected chi connectivity index (χ0v) is 26.6. The molecule has 222 valence electrons. The molecule has 1 aromatic heterocycles. The van der Waals surface area contributed by atoms with Gasteiger partial charge < -0.3 is 18.9 Å². The summed E-state index contributed by atoms with van der Waals surface area (Å²) in [7, 11) is -0.480. The highest BCUT2D eigenvalue weighted by Crippen LogP contribution is 2.53. The van der Waals surface area contributed by atoms with Crippen LogP contribution in [0.3, 0.4) is 0 Å². The molecule has 40 heavy (non-hydrogen) atoms. The highest BCUT2D eigenvalue weighted by atomic mass is 32.4. The highest BCUT2D eigenvalue weighted by Gasteiger charge is 2.54. The molecule has 3 rings (SSSR count). The second-order valence-corrected chi connectivity index (χ2v) is 19.8. The van der Waals surface area contributed by atoms with Gasteiger partial charge in [0.25, 0.3) is 0 Å². The Morgan fingerprint density at radius 3 is 2.25 bits per heavy atom. The van der Waals surface area contributed by atoms with Crippen molar-refractivity contribution in [1.82, 2.24) is 15.0 Å². The summed E-state index contributed by atoms with van der Waals surface area (Å²) in [5.74, 6) is -1.38. The van der Waals surface area contributed by atoms with Gasteiger partial charge in [-0.1, -0.05) is 58.9 Å². The number of ether oxygens (including phenoxy) is 4. The van der Waals surface area contributed by atoms with E-state index in [-0.39, 0.29) is 12.4 Å². The number of aromatic nitrogens is 3. The van der Waals surface area contributed by atoms with E-state index < -0.39 is 49.0 Å². The second kappa shape index (κ2) is 13.6. The first-order valence-electron chi connectivity index (χ1n) is 13.7. The van der Waals surface area contributed by atoms with E-state index in [2.05, 4.69) is 51.9 Å². The van der Waals surface area contributed by atoms with Crippen LogP contribution in [0.5, 0.6) is 0 Å². The number of carbonyl (C=O) groups is 2. The predicted molar refractivity (Wildman–Crippen MR) is 155 cm³/mol. The number of nitrogens with zero attached hydrogens (tertiary/aromatic N) is 3. The van der Waals surface area contributed by atoms with Gasteiger partial charge in [0.05, 0.1) is 6.20 Å². The van der Waals surface area contributed by atoms with Crippen molar-refractivity contribution in [2.75, 3.05) is 13.7 Å². The lowest BCUT2D eigenvalue weighted by atomic mass is 9.96. The summed E-state index contributed by atoms with van der Waals surface area (Å²) < 4.78 is 39.5. The SMILES string of the molecule is CO[C@@H]1[C@@H](n2cc(-c3cccc(F)c3)nn2)[C@@H](OC(C)=O)[C@@H](COC(C)=O)O[C@H]1S[Si](C(C)C)(C(C)C)C(C)C. The van der Waals surface area contributed by atoms with Crippen LogP contribution in [-0.4, -0.2) is 71.6 Å². The Balaban J connectivity index is 2.14. The Morgan fingerprint density at radius 2 is 1.73 bits per heavy atom. The van der Waals surface area contributed by atoms with E-state index in [1.807, 2.05) is 11.2 Å². The van der Waals surface area contributed by atoms with E-state index in [0.29, 0.717) is 27.9 Å². The topological polar surface area (TPSA) is 102 Å². The largest absolute Gasteiger partial charge is 0.463 e. The van der Waals surface area contributed by atoms with E-state index in [4.69, 9.17) is 18.9 Å². The van der Waals surface area contributed by atoms with E-state index in [1.165, 1.54) is 26.0 Å². The summed E-state index contributed by atoms with van der Waals surface area (Å²) in [6.07, 6.45) is -0.570. The minimum Gasteiger partial charge on any atom is -0.463 e. The maximum Gasteiger partial charge on any atom is 0.303 e. The minimum atomic E-state index is -2.08. The van der Waals surface area contributed by atoms with Crippen molar-refractivity contribution in [3.05, 3.63) is 36.3 Å². The van der Waals surface area contributed by atoms with E-state index in [9.17, 15) is 14.0 Å². The number of hydrogen-bond donors (Lipinski definition) is 0. The van der Waals surface area contributed by atoms with Gasteiger partial charge in [-0.3, -0.25) is 9.59 Å². The number of carbonyl (C=O) groups excluding carboxylic acids is 2. The van der Waals surface area contributed by atoms with Gasteiger partial charge in [-0.25, -0.2) is 9.07 Å². The molecule has 1 aromatic carbocycles. The van der Waals surface area contributed by atoms with Crippen LogP contribution in [0.1, 0.15) is 61.4 Å². The van der Waals surface area contributed by atoms with Gasteiger partial charge in [0.1, 0.15) is 49.0 Å². The minimum absolute atomic E-state index is 0.109. The molecule has 0 spiro atoms. The molecule has 1 aliphatic heterocycles. The lowest BCUT2D eigenvalue weighted by molar-refractivity contribution is -0.208. The molecule has 0 saturated carbocycles. The molecule has 0 aliphatic carbocycles. The Hall–Kier alpha value is -2.28. The molecule has 2 heterocycles. The highest BCUT2D eigenvalue weighted by molar-refractivity contribution is 8.29. The molecule has 0 amide bonds. The third-order valence-electron chi connectivity index (χ3n) is 7.61. The van der Waals surface area contributed by atoms with Crippen molar-refractivity contribution in [3.8, 4) is 11.3 Å². The Labute approximate surface area is 241 Å². The third kappa shape index (κ3) is 6.95. The number of esters is 2. The Bertz CT molecular complexity index is 1140. The summed E-state index contributed by atoms with van der Waals surface area (Å²) in [6, 6.07) is 5.43. The first-order chi connectivity index (χ1) is 18.8. The van der Waals surface area contributed by atoms with E-state index >= 15 is 0 Å². The average Bonchev–Trinajstić information content (AvgIpc) is 3.35. The van der Waals surface area contributed by atoms with Gasteiger partial charge >= 0.3 is 11.9 Å². The molecule has 0 radical (unpaired) electrons. The number of rotatable bonds is 11. The number of benzene rings is 1. The number of hydrogen-bond acceptors (Lipinski definition) is 9. The standard InChI is InChI=1S/C28H42FN3O6SSi/c1-16(2)40(17(3)4,18(5)6)39-28-27(35-9)25(26(37-20(8)34)24(38-28)15-36-19(7)33)32-14-23(30-31-32)21-11-10-12-22(29)13-21/h10-14,16-18,24-28H,15H2,1-9H3/t24-,25+,26+,27-,28+/m1/s1. The van der Waals surface area contributed by atoms with Crippen LogP contribution in [0.15, 0.2) is 30.5 Å². The van der Waals surface area contributed by atoms with Crippen molar-refractivity contribution in [2.24, 2.45) is 0 Å². The zero-order chi connectivity index (χ0) is 29.8. The van der Waals surface area contributed by atoms with Crippen molar-refractivity contribution in [2.45, 2.75) is 102 Å². The second-order valence-electron chi connectivity index (χ2n) is 11.1.